The highest BCUT2D eigenvalue weighted by molar-refractivity contribution is 6.30. The molecule has 0 heterocycles. The third-order valence-corrected chi connectivity index (χ3v) is 1.81. The van der Waals surface area contributed by atoms with Gasteiger partial charge in [0.2, 0.25) is 0 Å². The topological polar surface area (TPSA) is 26.3 Å². The van der Waals surface area contributed by atoms with Crippen molar-refractivity contribution in [2.24, 2.45) is 0 Å². The minimum atomic E-state index is -0.235. The molecule has 0 saturated heterocycles. The van der Waals surface area contributed by atoms with E-state index >= 15 is 0 Å². The smallest absolute Gasteiger partial charge is 0.293 e. The monoisotopic (exact) mass is 184 g/mol. The molecular formula is C9H9ClO2. The van der Waals surface area contributed by atoms with Crippen LogP contribution in [0.5, 0.6) is 0 Å². The highest BCUT2D eigenvalue weighted by atomic mass is 35.5. The molecule has 0 aliphatic heterocycles. The normalized spacial score (nSPS) is 12.2. The van der Waals surface area contributed by atoms with Crippen LogP contribution >= 0.6 is 11.6 Å². The lowest BCUT2D eigenvalue weighted by atomic mass is 10.1. The van der Waals surface area contributed by atoms with Crippen molar-refractivity contribution in [3.05, 3.63) is 34.9 Å². The third-order valence-electron chi connectivity index (χ3n) is 1.58. The van der Waals surface area contributed by atoms with E-state index in [2.05, 4.69) is 0 Å². The molecule has 0 saturated carbocycles. The second-order valence-electron chi connectivity index (χ2n) is 2.43. The van der Waals surface area contributed by atoms with E-state index < -0.39 is 0 Å². The van der Waals surface area contributed by atoms with E-state index in [1.54, 1.807) is 19.1 Å². The van der Waals surface area contributed by atoms with E-state index in [-0.39, 0.29) is 6.10 Å². The Morgan fingerprint density at radius 2 is 2.33 bits per heavy atom. The van der Waals surface area contributed by atoms with Gasteiger partial charge in [-0.05, 0) is 24.6 Å². The van der Waals surface area contributed by atoms with Crippen molar-refractivity contribution in [3.63, 3.8) is 0 Å². The van der Waals surface area contributed by atoms with Crippen LogP contribution in [0, 0.1) is 0 Å². The summed E-state index contributed by atoms with van der Waals surface area (Å²) in [6.45, 7) is 2.23. The molecule has 1 atom stereocenters. The second kappa shape index (κ2) is 4.12. The predicted octanol–water partition coefficient (Wildman–Crippen LogP) is 2.57. The minimum Gasteiger partial charge on any atom is -0.460 e. The van der Waals surface area contributed by atoms with Gasteiger partial charge in [-0.3, -0.25) is 4.79 Å². The second-order valence-corrected chi connectivity index (χ2v) is 2.87. The largest absolute Gasteiger partial charge is 0.460 e. The molecule has 0 fully saturated rings. The molecule has 0 amide bonds. The molecule has 0 aliphatic rings. The van der Waals surface area contributed by atoms with Gasteiger partial charge in [0.05, 0.1) is 0 Å². The van der Waals surface area contributed by atoms with Crippen molar-refractivity contribution in [2.45, 2.75) is 13.0 Å². The maximum Gasteiger partial charge on any atom is 0.293 e. The first kappa shape index (κ1) is 9.07. The van der Waals surface area contributed by atoms with Crippen LogP contribution in [0.4, 0.5) is 0 Å². The molecule has 0 spiro atoms. The van der Waals surface area contributed by atoms with Crippen molar-refractivity contribution in [3.8, 4) is 0 Å². The number of carbonyl (C=O) groups excluding carboxylic acids is 1. The van der Waals surface area contributed by atoms with Gasteiger partial charge in [0.25, 0.3) is 6.47 Å². The zero-order chi connectivity index (χ0) is 8.97. The maximum atomic E-state index is 10.0. The number of ether oxygens (including phenoxy) is 1. The van der Waals surface area contributed by atoms with Gasteiger partial charge in [0, 0.05) is 5.02 Å². The van der Waals surface area contributed by atoms with Crippen LogP contribution in [0.25, 0.3) is 0 Å². The summed E-state index contributed by atoms with van der Waals surface area (Å²) in [7, 11) is 0. The Balaban J connectivity index is 2.80. The van der Waals surface area contributed by atoms with E-state index in [9.17, 15) is 4.79 Å². The average molecular weight is 185 g/mol. The van der Waals surface area contributed by atoms with Gasteiger partial charge >= 0.3 is 0 Å². The van der Waals surface area contributed by atoms with Crippen LogP contribution in [0.2, 0.25) is 5.02 Å². The summed E-state index contributed by atoms with van der Waals surface area (Å²) < 4.78 is 4.74. The first-order valence-corrected chi connectivity index (χ1v) is 3.96. The van der Waals surface area contributed by atoms with Gasteiger partial charge in [-0.2, -0.15) is 0 Å². The van der Waals surface area contributed by atoms with E-state index in [1.807, 2.05) is 12.1 Å². The summed E-state index contributed by atoms with van der Waals surface area (Å²) in [5, 5.41) is 0.647. The lowest BCUT2D eigenvalue weighted by molar-refractivity contribution is -0.133. The molecular weight excluding hydrogens is 176 g/mol. The fourth-order valence-electron chi connectivity index (χ4n) is 0.921. The third kappa shape index (κ3) is 2.24. The van der Waals surface area contributed by atoms with Crippen molar-refractivity contribution >= 4 is 18.1 Å². The summed E-state index contributed by atoms with van der Waals surface area (Å²) in [6.07, 6.45) is -0.235. The molecule has 12 heavy (non-hydrogen) atoms. The molecule has 0 N–H and O–H groups in total. The zero-order valence-corrected chi connectivity index (χ0v) is 7.41. The Labute approximate surface area is 76.1 Å². The van der Waals surface area contributed by atoms with Crippen LogP contribution in [-0.2, 0) is 9.53 Å². The Kier molecular flexibility index (Phi) is 3.11. The summed E-state index contributed by atoms with van der Waals surface area (Å²) in [4.78, 5) is 10.0. The molecule has 1 aromatic rings. The molecule has 1 aromatic carbocycles. The van der Waals surface area contributed by atoms with Gasteiger partial charge in [-0.15, -0.1) is 0 Å². The van der Waals surface area contributed by atoms with Crippen molar-refractivity contribution < 1.29 is 9.53 Å². The van der Waals surface area contributed by atoms with Crippen LogP contribution in [-0.4, -0.2) is 6.47 Å². The van der Waals surface area contributed by atoms with Gasteiger partial charge in [-0.25, -0.2) is 0 Å². The Morgan fingerprint density at radius 1 is 1.58 bits per heavy atom. The van der Waals surface area contributed by atoms with Crippen LogP contribution in [0.1, 0.15) is 18.6 Å². The molecule has 64 valence electrons. The number of benzene rings is 1. The first-order chi connectivity index (χ1) is 5.74. The average Bonchev–Trinajstić information content (AvgIpc) is 2.05. The number of hydrogen-bond donors (Lipinski definition) is 0. The SMILES string of the molecule is CC(OC=O)c1cccc(Cl)c1. The summed E-state index contributed by atoms with van der Waals surface area (Å²) >= 11 is 5.75. The van der Waals surface area contributed by atoms with E-state index in [0.717, 1.165) is 5.56 Å². The molecule has 1 rings (SSSR count). The Hall–Kier alpha value is -1.02. The van der Waals surface area contributed by atoms with Crippen molar-refractivity contribution in [1.29, 1.82) is 0 Å². The Morgan fingerprint density at radius 3 is 2.92 bits per heavy atom. The van der Waals surface area contributed by atoms with Crippen LogP contribution in [0.15, 0.2) is 24.3 Å². The quantitative estimate of drug-likeness (QED) is 0.675. The fraction of sp³-hybridized carbons (Fsp3) is 0.222. The van der Waals surface area contributed by atoms with Gasteiger partial charge in [0.1, 0.15) is 6.10 Å². The number of hydrogen-bond acceptors (Lipinski definition) is 2. The first-order valence-electron chi connectivity index (χ1n) is 3.58. The van der Waals surface area contributed by atoms with E-state index in [4.69, 9.17) is 16.3 Å². The number of carbonyl (C=O) groups is 1. The lowest BCUT2D eigenvalue weighted by Gasteiger charge is -2.09. The van der Waals surface area contributed by atoms with Crippen LogP contribution < -0.4 is 0 Å². The molecule has 0 aromatic heterocycles. The fourth-order valence-corrected chi connectivity index (χ4v) is 1.12. The maximum absolute atomic E-state index is 10.0. The number of halogens is 1. The van der Waals surface area contributed by atoms with E-state index in [0.29, 0.717) is 11.5 Å². The van der Waals surface area contributed by atoms with Crippen molar-refractivity contribution in [1.82, 2.24) is 0 Å². The molecule has 0 radical (unpaired) electrons. The standard InChI is InChI=1S/C9H9ClO2/c1-7(12-6-11)8-3-2-4-9(10)5-8/h2-7H,1H3. The van der Waals surface area contributed by atoms with Crippen molar-refractivity contribution in [2.75, 3.05) is 0 Å². The zero-order valence-electron chi connectivity index (χ0n) is 6.66. The molecule has 3 heteroatoms. The van der Waals surface area contributed by atoms with Gasteiger partial charge in [-0.1, -0.05) is 23.7 Å². The van der Waals surface area contributed by atoms with Gasteiger partial charge in [0.15, 0.2) is 0 Å². The highest BCUT2D eigenvalue weighted by Crippen LogP contribution is 2.19. The minimum absolute atomic E-state index is 0.235. The van der Waals surface area contributed by atoms with E-state index in [1.165, 1.54) is 0 Å². The Bertz CT molecular complexity index is 273. The van der Waals surface area contributed by atoms with Crippen LogP contribution in [0.3, 0.4) is 0 Å². The summed E-state index contributed by atoms with van der Waals surface area (Å²) in [6, 6.07) is 7.23. The molecule has 0 aliphatic carbocycles. The van der Waals surface area contributed by atoms with Gasteiger partial charge < -0.3 is 4.74 Å². The highest BCUT2D eigenvalue weighted by Gasteiger charge is 2.04. The lowest BCUT2D eigenvalue weighted by Crippen LogP contribution is -1.97. The summed E-state index contributed by atoms with van der Waals surface area (Å²) in [5.74, 6) is 0. The molecule has 2 nitrogen and oxygen atoms in total. The summed E-state index contributed by atoms with van der Waals surface area (Å²) in [5.41, 5.74) is 0.898. The molecule has 0 bridgehead atoms. The predicted molar refractivity (Wildman–Crippen MR) is 47.0 cm³/mol. The number of rotatable bonds is 3. The molecule has 1 unspecified atom stereocenters.